The lowest BCUT2D eigenvalue weighted by Gasteiger charge is -2.02. The summed E-state index contributed by atoms with van der Waals surface area (Å²) in [7, 11) is 0. The van der Waals surface area contributed by atoms with Crippen molar-refractivity contribution >= 4 is 18.1 Å². The molecule has 0 aliphatic heterocycles. The highest BCUT2D eigenvalue weighted by atomic mass is 35.5. The van der Waals surface area contributed by atoms with E-state index in [-0.39, 0.29) is 12.4 Å². The summed E-state index contributed by atoms with van der Waals surface area (Å²) in [6, 6.07) is 9.35. The Balaban J connectivity index is 0.00000144. The van der Waals surface area contributed by atoms with Gasteiger partial charge in [0.05, 0.1) is 11.6 Å². The van der Waals surface area contributed by atoms with E-state index in [1.54, 1.807) is 12.1 Å². The zero-order chi connectivity index (χ0) is 8.81. The fourth-order valence-corrected chi connectivity index (χ4v) is 0.879. The Labute approximate surface area is 84.0 Å². The van der Waals surface area contributed by atoms with Crippen LogP contribution in [0.15, 0.2) is 24.3 Å². The van der Waals surface area contributed by atoms with Crippen LogP contribution < -0.4 is 11.1 Å². The average molecular weight is 198 g/mol. The van der Waals surface area contributed by atoms with Gasteiger partial charge in [-0.05, 0) is 24.3 Å². The number of anilines is 1. The van der Waals surface area contributed by atoms with E-state index in [0.717, 1.165) is 12.2 Å². The Morgan fingerprint density at radius 1 is 1.31 bits per heavy atom. The van der Waals surface area contributed by atoms with Gasteiger partial charge in [-0.3, -0.25) is 0 Å². The molecule has 70 valence electrons. The molecule has 3 nitrogen and oxygen atoms in total. The molecule has 4 heteroatoms. The third kappa shape index (κ3) is 3.79. The van der Waals surface area contributed by atoms with Gasteiger partial charge in [0.1, 0.15) is 0 Å². The SMILES string of the molecule is Cl.N#Cc1ccc(NCCN)cc1. The standard InChI is InChI=1S/C9H11N3.ClH/c10-5-6-12-9-3-1-8(7-11)2-4-9;/h1-4,12H,5-6,10H2;1H. The Morgan fingerprint density at radius 3 is 2.38 bits per heavy atom. The number of hydrogen-bond acceptors (Lipinski definition) is 3. The number of nitrogens with two attached hydrogens (primary N) is 1. The summed E-state index contributed by atoms with van der Waals surface area (Å²) >= 11 is 0. The lowest BCUT2D eigenvalue weighted by atomic mass is 10.2. The second kappa shape index (κ2) is 6.30. The number of halogens is 1. The number of rotatable bonds is 3. The Kier molecular flexibility index (Phi) is 5.69. The molecular weight excluding hydrogens is 186 g/mol. The quantitative estimate of drug-likeness (QED) is 0.769. The van der Waals surface area contributed by atoms with Crippen LogP contribution in [0.5, 0.6) is 0 Å². The monoisotopic (exact) mass is 197 g/mol. The Morgan fingerprint density at radius 2 is 1.92 bits per heavy atom. The third-order valence-electron chi connectivity index (χ3n) is 1.49. The summed E-state index contributed by atoms with van der Waals surface area (Å²) in [6.07, 6.45) is 0. The molecule has 0 aliphatic rings. The largest absolute Gasteiger partial charge is 0.384 e. The molecule has 1 aromatic rings. The minimum atomic E-state index is 0. The zero-order valence-corrected chi connectivity index (χ0v) is 7.97. The van der Waals surface area contributed by atoms with Crippen molar-refractivity contribution in [3.8, 4) is 6.07 Å². The molecule has 0 saturated carbocycles. The van der Waals surface area contributed by atoms with Gasteiger partial charge in [-0.15, -0.1) is 12.4 Å². The van der Waals surface area contributed by atoms with Gasteiger partial charge in [0.15, 0.2) is 0 Å². The molecule has 0 unspecified atom stereocenters. The molecule has 13 heavy (non-hydrogen) atoms. The maximum atomic E-state index is 8.51. The van der Waals surface area contributed by atoms with E-state index in [1.807, 2.05) is 12.1 Å². The predicted octanol–water partition coefficient (Wildman–Crippen LogP) is 1.35. The maximum Gasteiger partial charge on any atom is 0.0991 e. The zero-order valence-electron chi connectivity index (χ0n) is 7.16. The van der Waals surface area contributed by atoms with E-state index in [1.165, 1.54) is 0 Å². The fourth-order valence-electron chi connectivity index (χ4n) is 0.879. The van der Waals surface area contributed by atoms with Crippen LogP contribution in [0.4, 0.5) is 5.69 Å². The van der Waals surface area contributed by atoms with Gasteiger partial charge in [0, 0.05) is 18.8 Å². The van der Waals surface area contributed by atoms with Gasteiger partial charge < -0.3 is 11.1 Å². The molecule has 0 radical (unpaired) electrons. The number of nitrogens with one attached hydrogen (secondary N) is 1. The summed E-state index contributed by atoms with van der Waals surface area (Å²) < 4.78 is 0. The predicted molar refractivity (Wildman–Crippen MR) is 55.9 cm³/mol. The van der Waals surface area contributed by atoms with Crippen LogP contribution >= 0.6 is 12.4 Å². The molecule has 1 rings (SSSR count). The van der Waals surface area contributed by atoms with E-state index in [4.69, 9.17) is 11.0 Å². The lowest BCUT2D eigenvalue weighted by molar-refractivity contribution is 1.02. The van der Waals surface area contributed by atoms with Gasteiger partial charge in [-0.1, -0.05) is 0 Å². The molecule has 0 bridgehead atoms. The molecule has 0 saturated heterocycles. The maximum absolute atomic E-state index is 8.51. The molecule has 0 fully saturated rings. The number of nitriles is 1. The topological polar surface area (TPSA) is 61.8 Å². The van der Waals surface area contributed by atoms with E-state index in [2.05, 4.69) is 11.4 Å². The molecule has 0 aromatic heterocycles. The molecule has 1 aromatic carbocycles. The second-order valence-corrected chi connectivity index (χ2v) is 2.40. The normalized spacial score (nSPS) is 8.31. The molecule has 0 spiro atoms. The van der Waals surface area contributed by atoms with E-state index in [9.17, 15) is 0 Å². The van der Waals surface area contributed by atoms with Crippen LogP contribution in [0, 0.1) is 11.3 Å². The fraction of sp³-hybridized carbons (Fsp3) is 0.222. The van der Waals surface area contributed by atoms with E-state index < -0.39 is 0 Å². The van der Waals surface area contributed by atoms with Gasteiger partial charge >= 0.3 is 0 Å². The van der Waals surface area contributed by atoms with Gasteiger partial charge in [0.25, 0.3) is 0 Å². The van der Waals surface area contributed by atoms with Crippen LogP contribution in [0.1, 0.15) is 5.56 Å². The highest BCUT2D eigenvalue weighted by Gasteiger charge is 1.90. The van der Waals surface area contributed by atoms with Crippen molar-refractivity contribution in [1.82, 2.24) is 0 Å². The first-order chi connectivity index (χ1) is 5.86. The van der Waals surface area contributed by atoms with Gasteiger partial charge in [-0.2, -0.15) is 5.26 Å². The van der Waals surface area contributed by atoms with Crippen LogP contribution in [0.25, 0.3) is 0 Å². The first kappa shape index (κ1) is 11.8. The molecule has 0 amide bonds. The summed E-state index contributed by atoms with van der Waals surface area (Å²) in [6.45, 7) is 1.37. The minimum absolute atomic E-state index is 0. The molecule has 0 heterocycles. The molecule has 0 aliphatic carbocycles. The van der Waals surface area contributed by atoms with Crippen LogP contribution in [0.3, 0.4) is 0 Å². The van der Waals surface area contributed by atoms with Crippen molar-refractivity contribution in [3.63, 3.8) is 0 Å². The van der Waals surface area contributed by atoms with Crippen LogP contribution in [-0.2, 0) is 0 Å². The first-order valence-electron chi connectivity index (χ1n) is 3.81. The minimum Gasteiger partial charge on any atom is -0.384 e. The molecule has 0 atom stereocenters. The lowest BCUT2D eigenvalue weighted by Crippen LogP contribution is -2.12. The number of hydrogen-bond donors (Lipinski definition) is 2. The van der Waals surface area contributed by atoms with Crippen molar-refractivity contribution in [2.45, 2.75) is 0 Å². The molecular formula is C9H12ClN3. The van der Waals surface area contributed by atoms with Crippen molar-refractivity contribution in [1.29, 1.82) is 5.26 Å². The molecule has 3 N–H and O–H groups in total. The Bertz CT molecular complexity index is 276. The van der Waals surface area contributed by atoms with Crippen molar-refractivity contribution in [2.75, 3.05) is 18.4 Å². The van der Waals surface area contributed by atoms with Crippen LogP contribution in [0.2, 0.25) is 0 Å². The second-order valence-electron chi connectivity index (χ2n) is 2.40. The Hall–Kier alpha value is -1.24. The van der Waals surface area contributed by atoms with E-state index >= 15 is 0 Å². The number of nitrogens with zero attached hydrogens (tertiary/aromatic N) is 1. The highest BCUT2D eigenvalue weighted by Crippen LogP contribution is 2.07. The summed E-state index contributed by atoms with van der Waals surface area (Å²) in [5, 5.41) is 11.6. The van der Waals surface area contributed by atoms with E-state index in [0.29, 0.717) is 12.1 Å². The third-order valence-corrected chi connectivity index (χ3v) is 1.49. The van der Waals surface area contributed by atoms with Gasteiger partial charge in [0.2, 0.25) is 0 Å². The number of benzene rings is 1. The van der Waals surface area contributed by atoms with Crippen LogP contribution in [-0.4, -0.2) is 13.1 Å². The average Bonchev–Trinajstić information content (AvgIpc) is 2.15. The summed E-state index contributed by atoms with van der Waals surface area (Å²) in [5.74, 6) is 0. The van der Waals surface area contributed by atoms with Gasteiger partial charge in [-0.25, -0.2) is 0 Å². The highest BCUT2D eigenvalue weighted by molar-refractivity contribution is 5.85. The smallest absolute Gasteiger partial charge is 0.0991 e. The van der Waals surface area contributed by atoms with Crippen molar-refractivity contribution < 1.29 is 0 Å². The summed E-state index contributed by atoms with van der Waals surface area (Å²) in [5.41, 5.74) is 6.99. The van der Waals surface area contributed by atoms with Crippen molar-refractivity contribution in [2.24, 2.45) is 5.73 Å². The summed E-state index contributed by atoms with van der Waals surface area (Å²) in [4.78, 5) is 0. The first-order valence-corrected chi connectivity index (χ1v) is 3.81. The van der Waals surface area contributed by atoms with Crippen molar-refractivity contribution in [3.05, 3.63) is 29.8 Å².